The summed E-state index contributed by atoms with van der Waals surface area (Å²) < 4.78 is 25.9. The third-order valence-corrected chi connectivity index (χ3v) is 4.81. The molecule has 0 saturated heterocycles. The maximum Gasteiger partial charge on any atom is 0.262 e. The Balaban J connectivity index is 1.75. The highest BCUT2D eigenvalue weighted by atomic mass is 19.1. The number of fused-ring (bicyclic) bond motifs is 4. The third-order valence-electron chi connectivity index (χ3n) is 4.81. The van der Waals surface area contributed by atoms with Crippen molar-refractivity contribution in [2.24, 2.45) is 0 Å². The molecule has 0 unspecified atom stereocenters. The van der Waals surface area contributed by atoms with Gasteiger partial charge in [0, 0.05) is 22.7 Å². The molecule has 1 aliphatic heterocycles. The Labute approximate surface area is 137 Å². The van der Waals surface area contributed by atoms with Gasteiger partial charge < -0.3 is 9.47 Å². The van der Waals surface area contributed by atoms with Crippen LogP contribution in [-0.2, 0) is 12.8 Å². The number of rotatable bonds is 1. The molecule has 0 bridgehead atoms. The summed E-state index contributed by atoms with van der Waals surface area (Å²) in [5.74, 6) is 0.898. The molecule has 120 valence electrons. The smallest absolute Gasteiger partial charge is 0.262 e. The first-order chi connectivity index (χ1) is 11.7. The molecular formula is C19H14FNO3. The van der Waals surface area contributed by atoms with Crippen LogP contribution >= 0.6 is 0 Å². The molecule has 2 aliphatic rings. The fourth-order valence-corrected chi connectivity index (χ4v) is 3.72. The Morgan fingerprint density at radius 1 is 1.04 bits per heavy atom. The standard InChI is InChI=1S/C19H14FNO3/c20-12-6-4-11(5-7-12)19(22)21-15-3-1-2-13(15)14-8-17-18(9-16(14)21)24-10-23-17/h4-9H,1-3,10H2. The molecule has 5 rings (SSSR count). The van der Waals surface area contributed by atoms with E-state index in [1.54, 1.807) is 4.57 Å². The van der Waals surface area contributed by atoms with Crippen molar-refractivity contribution in [1.29, 1.82) is 0 Å². The molecule has 2 aromatic carbocycles. The second-order valence-electron chi connectivity index (χ2n) is 6.15. The number of carbonyl (C=O) groups excluding carboxylic acids is 1. The van der Waals surface area contributed by atoms with Crippen LogP contribution in [0.5, 0.6) is 11.5 Å². The molecule has 1 aliphatic carbocycles. The van der Waals surface area contributed by atoms with E-state index in [0.29, 0.717) is 11.3 Å². The summed E-state index contributed by atoms with van der Waals surface area (Å²) >= 11 is 0. The monoisotopic (exact) mass is 323 g/mol. The van der Waals surface area contributed by atoms with Gasteiger partial charge in [-0.25, -0.2) is 4.39 Å². The molecule has 0 atom stereocenters. The van der Waals surface area contributed by atoms with Crippen molar-refractivity contribution in [2.75, 3.05) is 6.79 Å². The van der Waals surface area contributed by atoms with Crippen LogP contribution in [0.1, 0.15) is 28.0 Å². The van der Waals surface area contributed by atoms with E-state index in [2.05, 4.69) is 0 Å². The minimum absolute atomic E-state index is 0.137. The van der Waals surface area contributed by atoms with E-state index < -0.39 is 0 Å². The lowest BCUT2D eigenvalue weighted by Crippen LogP contribution is -2.14. The van der Waals surface area contributed by atoms with Crippen LogP contribution in [0.15, 0.2) is 36.4 Å². The zero-order chi connectivity index (χ0) is 16.3. The number of benzene rings is 2. The van der Waals surface area contributed by atoms with Crippen molar-refractivity contribution >= 4 is 16.8 Å². The zero-order valence-electron chi connectivity index (χ0n) is 12.8. The number of hydrogen-bond acceptors (Lipinski definition) is 3. The second kappa shape index (κ2) is 4.84. The molecule has 0 spiro atoms. The first kappa shape index (κ1) is 13.6. The van der Waals surface area contributed by atoms with Crippen LogP contribution < -0.4 is 9.47 Å². The number of aromatic nitrogens is 1. The maximum atomic E-state index is 13.2. The summed E-state index contributed by atoms with van der Waals surface area (Å²) in [5.41, 5.74) is 3.56. The third kappa shape index (κ3) is 1.81. The number of ether oxygens (including phenoxy) is 2. The van der Waals surface area contributed by atoms with Gasteiger partial charge in [0.2, 0.25) is 6.79 Å². The van der Waals surface area contributed by atoms with Gasteiger partial charge in [-0.15, -0.1) is 0 Å². The predicted molar refractivity (Wildman–Crippen MR) is 86.2 cm³/mol. The van der Waals surface area contributed by atoms with Gasteiger partial charge in [0.05, 0.1) is 5.52 Å². The molecule has 1 aromatic heterocycles. The van der Waals surface area contributed by atoms with Gasteiger partial charge in [-0.2, -0.15) is 0 Å². The fraction of sp³-hybridized carbons (Fsp3) is 0.211. The van der Waals surface area contributed by atoms with E-state index in [0.717, 1.165) is 41.6 Å². The topological polar surface area (TPSA) is 40.5 Å². The molecule has 0 amide bonds. The van der Waals surface area contributed by atoms with Crippen molar-refractivity contribution < 1.29 is 18.7 Å². The molecule has 24 heavy (non-hydrogen) atoms. The molecular weight excluding hydrogens is 309 g/mol. The Kier molecular flexibility index (Phi) is 2.74. The molecule has 0 saturated carbocycles. The van der Waals surface area contributed by atoms with Crippen LogP contribution in [0, 0.1) is 5.82 Å². The van der Waals surface area contributed by atoms with Gasteiger partial charge in [-0.1, -0.05) is 0 Å². The van der Waals surface area contributed by atoms with E-state index in [1.165, 1.54) is 29.8 Å². The van der Waals surface area contributed by atoms with E-state index in [4.69, 9.17) is 9.47 Å². The fourth-order valence-electron chi connectivity index (χ4n) is 3.72. The Bertz CT molecular complexity index is 988. The largest absolute Gasteiger partial charge is 0.454 e. The number of aryl methyl sites for hydroxylation is 1. The Morgan fingerprint density at radius 2 is 1.79 bits per heavy atom. The van der Waals surface area contributed by atoms with Gasteiger partial charge in [0.25, 0.3) is 5.91 Å². The lowest BCUT2D eigenvalue weighted by atomic mass is 10.1. The van der Waals surface area contributed by atoms with Gasteiger partial charge in [0.15, 0.2) is 11.5 Å². The quantitative estimate of drug-likeness (QED) is 0.686. The summed E-state index contributed by atoms with van der Waals surface area (Å²) in [5, 5.41) is 1.04. The van der Waals surface area contributed by atoms with Crippen LogP contribution in [-0.4, -0.2) is 17.3 Å². The van der Waals surface area contributed by atoms with Crippen LogP contribution in [0.4, 0.5) is 4.39 Å². The number of carbonyl (C=O) groups is 1. The van der Waals surface area contributed by atoms with Gasteiger partial charge >= 0.3 is 0 Å². The van der Waals surface area contributed by atoms with Gasteiger partial charge in [-0.05, 0) is 55.2 Å². The molecule has 0 fully saturated rings. The normalized spacial score (nSPS) is 15.0. The van der Waals surface area contributed by atoms with Crippen molar-refractivity contribution in [3.8, 4) is 11.5 Å². The molecule has 0 N–H and O–H groups in total. The highest BCUT2D eigenvalue weighted by Crippen LogP contribution is 2.41. The van der Waals surface area contributed by atoms with E-state index in [9.17, 15) is 9.18 Å². The van der Waals surface area contributed by atoms with E-state index in [1.807, 2.05) is 12.1 Å². The van der Waals surface area contributed by atoms with Crippen molar-refractivity contribution in [3.63, 3.8) is 0 Å². The van der Waals surface area contributed by atoms with E-state index >= 15 is 0 Å². The zero-order valence-corrected chi connectivity index (χ0v) is 12.8. The summed E-state index contributed by atoms with van der Waals surface area (Å²) in [7, 11) is 0. The van der Waals surface area contributed by atoms with E-state index in [-0.39, 0.29) is 18.5 Å². The Hall–Kier alpha value is -2.82. The van der Waals surface area contributed by atoms with Crippen molar-refractivity contribution in [3.05, 3.63) is 59.0 Å². The minimum Gasteiger partial charge on any atom is -0.454 e. The second-order valence-corrected chi connectivity index (χ2v) is 6.15. The SMILES string of the molecule is O=C(c1ccc(F)cc1)n1c2c(c3cc4c(cc31)OCO4)CCC2. The van der Waals surface area contributed by atoms with Crippen molar-refractivity contribution in [2.45, 2.75) is 19.3 Å². The summed E-state index contributed by atoms with van der Waals surface area (Å²) in [6.07, 6.45) is 2.85. The van der Waals surface area contributed by atoms with Gasteiger partial charge in [0.1, 0.15) is 5.82 Å². The first-order valence-electron chi connectivity index (χ1n) is 7.98. The minimum atomic E-state index is -0.350. The number of nitrogens with zero attached hydrogens (tertiary/aromatic N) is 1. The maximum absolute atomic E-state index is 13.2. The molecule has 5 heteroatoms. The van der Waals surface area contributed by atoms with Crippen LogP contribution in [0.3, 0.4) is 0 Å². The summed E-state index contributed by atoms with van der Waals surface area (Å²) in [6, 6.07) is 9.52. The van der Waals surface area contributed by atoms with Crippen molar-refractivity contribution in [1.82, 2.24) is 4.57 Å². The lowest BCUT2D eigenvalue weighted by Gasteiger charge is -2.09. The van der Waals surface area contributed by atoms with Gasteiger partial charge in [-0.3, -0.25) is 9.36 Å². The lowest BCUT2D eigenvalue weighted by molar-refractivity contribution is 0.0962. The number of hydrogen-bond donors (Lipinski definition) is 0. The highest BCUT2D eigenvalue weighted by Gasteiger charge is 2.28. The summed E-state index contributed by atoms with van der Waals surface area (Å²) in [6.45, 7) is 0.204. The Morgan fingerprint density at radius 3 is 2.58 bits per heavy atom. The molecule has 0 radical (unpaired) electrons. The average Bonchev–Trinajstić information content (AvgIpc) is 3.28. The number of halogens is 1. The predicted octanol–water partition coefficient (Wildman–Crippen LogP) is 3.69. The molecule has 4 nitrogen and oxygen atoms in total. The highest BCUT2D eigenvalue weighted by molar-refractivity contribution is 6.05. The summed E-state index contributed by atoms with van der Waals surface area (Å²) in [4.78, 5) is 13.1. The van der Waals surface area contributed by atoms with Crippen LogP contribution in [0.25, 0.3) is 10.9 Å². The average molecular weight is 323 g/mol. The molecule has 3 aromatic rings. The first-order valence-corrected chi connectivity index (χ1v) is 7.98. The van der Waals surface area contributed by atoms with Crippen LogP contribution in [0.2, 0.25) is 0 Å². The molecule has 2 heterocycles.